The lowest BCUT2D eigenvalue weighted by Crippen LogP contribution is -2.60. The van der Waals surface area contributed by atoms with Gasteiger partial charge in [-0.15, -0.1) is 0 Å². The zero-order valence-corrected chi connectivity index (χ0v) is 16.8. The number of hydrogen-bond donors (Lipinski definition) is 1. The van der Waals surface area contributed by atoms with Crippen LogP contribution >= 0.6 is 0 Å². The van der Waals surface area contributed by atoms with E-state index in [2.05, 4.69) is 32.4 Å². The van der Waals surface area contributed by atoms with E-state index in [1.165, 1.54) is 5.56 Å². The Morgan fingerprint density at radius 2 is 1.93 bits per heavy atom. The van der Waals surface area contributed by atoms with Crippen LogP contribution in [0.5, 0.6) is 0 Å². The largest absolute Gasteiger partial charge is 0.358 e. The van der Waals surface area contributed by atoms with E-state index >= 15 is 0 Å². The molecular formula is C20H28N6O2. The minimum atomic E-state index is -0.343. The highest BCUT2D eigenvalue weighted by atomic mass is 16.2. The van der Waals surface area contributed by atoms with Gasteiger partial charge in [0.2, 0.25) is 11.8 Å². The summed E-state index contributed by atoms with van der Waals surface area (Å²) in [5, 5.41) is 7.00. The molecule has 0 saturated carbocycles. The van der Waals surface area contributed by atoms with Gasteiger partial charge in [-0.05, 0) is 25.8 Å². The molecule has 28 heavy (non-hydrogen) atoms. The van der Waals surface area contributed by atoms with E-state index in [9.17, 15) is 9.59 Å². The number of piperazine rings is 1. The first kappa shape index (κ1) is 20.0. The van der Waals surface area contributed by atoms with Crippen LogP contribution in [0.1, 0.15) is 17.2 Å². The zero-order valence-electron chi connectivity index (χ0n) is 16.8. The van der Waals surface area contributed by atoms with E-state index in [0.29, 0.717) is 25.5 Å². The minimum Gasteiger partial charge on any atom is -0.358 e. The number of rotatable bonds is 6. The van der Waals surface area contributed by atoms with Crippen LogP contribution in [-0.4, -0.2) is 75.6 Å². The van der Waals surface area contributed by atoms with Gasteiger partial charge in [0.05, 0.1) is 0 Å². The number of likely N-dealkylation sites (N-methyl/N-ethyl adjacent to an activating group) is 1. The maximum absolute atomic E-state index is 12.8. The highest BCUT2D eigenvalue weighted by molar-refractivity contribution is 5.83. The molecule has 0 bridgehead atoms. The summed E-state index contributed by atoms with van der Waals surface area (Å²) in [5.41, 5.74) is 1.24. The molecule has 0 aliphatic carbocycles. The Balaban J connectivity index is 1.63. The smallest absolute Gasteiger partial charge is 0.244 e. The van der Waals surface area contributed by atoms with Crippen molar-refractivity contribution in [1.29, 1.82) is 0 Å². The van der Waals surface area contributed by atoms with Crippen molar-refractivity contribution in [2.75, 3.05) is 33.2 Å². The standard InChI is InChI=1S/C20H28N6O2/c1-15-22-16(2)26(23-15)14-19(27)25-12-11-24(18(13-25)20(28)21-3)10-9-17-7-5-4-6-8-17/h4-8,18H,9-14H2,1-3H3,(H,21,28)/t18-/m0/s1. The molecule has 2 heterocycles. The van der Waals surface area contributed by atoms with Crippen LogP contribution in [0.15, 0.2) is 30.3 Å². The molecule has 1 fully saturated rings. The summed E-state index contributed by atoms with van der Waals surface area (Å²) in [4.78, 5) is 33.4. The summed E-state index contributed by atoms with van der Waals surface area (Å²) in [5.74, 6) is 1.28. The molecule has 8 nitrogen and oxygen atoms in total. The van der Waals surface area contributed by atoms with Crippen LogP contribution in [0.2, 0.25) is 0 Å². The van der Waals surface area contributed by atoms with Gasteiger partial charge in [-0.25, -0.2) is 9.67 Å². The Hall–Kier alpha value is -2.74. The molecule has 1 saturated heterocycles. The Morgan fingerprint density at radius 3 is 2.57 bits per heavy atom. The Bertz CT molecular complexity index is 819. The van der Waals surface area contributed by atoms with Crippen molar-refractivity contribution in [3.63, 3.8) is 0 Å². The van der Waals surface area contributed by atoms with E-state index in [0.717, 1.165) is 18.8 Å². The van der Waals surface area contributed by atoms with E-state index in [1.54, 1.807) is 23.6 Å². The summed E-state index contributed by atoms with van der Waals surface area (Å²) in [6, 6.07) is 9.89. The van der Waals surface area contributed by atoms with Gasteiger partial charge in [0, 0.05) is 33.2 Å². The summed E-state index contributed by atoms with van der Waals surface area (Å²) in [6.45, 7) is 6.24. The SMILES string of the molecule is CNC(=O)[C@@H]1CN(C(=O)Cn2nc(C)nc2C)CCN1CCc1ccccc1. The average molecular weight is 384 g/mol. The third-order valence-corrected chi connectivity index (χ3v) is 5.17. The second-order valence-electron chi connectivity index (χ2n) is 7.11. The Labute approximate surface area is 165 Å². The number of carbonyl (C=O) groups is 2. The maximum atomic E-state index is 12.8. The lowest BCUT2D eigenvalue weighted by atomic mass is 10.1. The predicted octanol–water partition coefficient (Wildman–Crippen LogP) is 0.396. The fourth-order valence-corrected chi connectivity index (χ4v) is 3.59. The van der Waals surface area contributed by atoms with Crippen LogP contribution in [0.3, 0.4) is 0 Å². The average Bonchev–Trinajstić information content (AvgIpc) is 3.03. The summed E-state index contributed by atoms with van der Waals surface area (Å²) in [6.07, 6.45) is 0.875. The van der Waals surface area contributed by atoms with Gasteiger partial charge in [0.25, 0.3) is 0 Å². The number of amides is 2. The molecule has 1 aromatic carbocycles. The van der Waals surface area contributed by atoms with Gasteiger partial charge in [-0.3, -0.25) is 14.5 Å². The molecule has 1 aliphatic rings. The molecule has 1 aliphatic heterocycles. The molecule has 1 N–H and O–H groups in total. The maximum Gasteiger partial charge on any atom is 0.244 e. The van der Waals surface area contributed by atoms with Crippen LogP contribution in [0.25, 0.3) is 0 Å². The van der Waals surface area contributed by atoms with Gasteiger partial charge in [0.1, 0.15) is 24.2 Å². The fourth-order valence-electron chi connectivity index (χ4n) is 3.59. The third-order valence-electron chi connectivity index (χ3n) is 5.17. The second kappa shape index (κ2) is 8.97. The van der Waals surface area contributed by atoms with Crippen LogP contribution in [0.4, 0.5) is 0 Å². The zero-order chi connectivity index (χ0) is 20.1. The van der Waals surface area contributed by atoms with E-state index in [-0.39, 0.29) is 24.4 Å². The number of aromatic nitrogens is 3. The normalized spacial score (nSPS) is 17.5. The number of hydrogen-bond acceptors (Lipinski definition) is 5. The summed E-state index contributed by atoms with van der Waals surface area (Å²) in [7, 11) is 1.64. The molecule has 8 heteroatoms. The van der Waals surface area contributed by atoms with Crippen molar-refractivity contribution in [2.24, 2.45) is 0 Å². The van der Waals surface area contributed by atoms with E-state index < -0.39 is 0 Å². The number of benzene rings is 1. The number of carbonyl (C=O) groups excluding carboxylic acids is 2. The van der Waals surface area contributed by atoms with Gasteiger partial charge in [-0.1, -0.05) is 30.3 Å². The first-order chi connectivity index (χ1) is 13.5. The Kier molecular flexibility index (Phi) is 6.41. The van der Waals surface area contributed by atoms with Crippen molar-refractivity contribution in [3.8, 4) is 0 Å². The minimum absolute atomic E-state index is 0.0374. The molecule has 2 amide bonds. The van der Waals surface area contributed by atoms with Gasteiger partial charge in [-0.2, -0.15) is 5.10 Å². The molecule has 1 atom stereocenters. The lowest BCUT2D eigenvalue weighted by Gasteiger charge is -2.40. The van der Waals surface area contributed by atoms with Crippen LogP contribution in [-0.2, 0) is 22.6 Å². The second-order valence-corrected chi connectivity index (χ2v) is 7.11. The van der Waals surface area contributed by atoms with Crippen molar-refractivity contribution in [2.45, 2.75) is 32.9 Å². The monoisotopic (exact) mass is 384 g/mol. The predicted molar refractivity (Wildman–Crippen MR) is 106 cm³/mol. The summed E-state index contributed by atoms with van der Waals surface area (Å²) >= 11 is 0. The van der Waals surface area contributed by atoms with Crippen LogP contribution < -0.4 is 5.32 Å². The first-order valence-electron chi connectivity index (χ1n) is 9.63. The topological polar surface area (TPSA) is 83.4 Å². The van der Waals surface area contributed by atoms with Crippen molar-refractivity contribution in [1.82, 2.24) is 29.9 Å². The first-order valence-corrected chi connectivity index (χ1v) is 9.63. The van der Waals surface area contributed by atoms with Crippen molar-refractivity contribution >= 4 is 11.8 Å². The Morgan fingerprint density at radius 1 is 1.18 bits per heavy atom. The van der Waals surface area contributed by atoms with Gasteiger partial charge >= 0.3 is 0 Å². The summed E-state index contributed by atoms with van der Waals surface area (Å²) < 4.78 is 1.62. The molecular weight excluding hydrogens is 356 g/mol. The molecule has 3 rings (SSSR count). The number of aryl methyl sites for hydroxylation is 2. The third kappa shape index (κ3) is 4.75. The number of nitrogens with zero attached hydrogens (tertiary/aromatic N) is 5. The van der Waals surface area contributed by atoms with E-state index in [4.69, 9.17) is 0 Å². The molecule has 0 radical (unpaired) electrons. The fraction of sp³-hybridized carbons (Fsp3) is 0.500. The van der Waals surface area contributed by atoms with Crippen molar-refractivity contribution in [3.05, 3.63) is 47.5 Å². The van der Waals surface area contributed by atoms with Gasteiger partial charge in [0.15, 0.2) is 0 Å². The highest BCUT2D eigenvalue weighted by Crippen LogP contribution is 2.13. The molecule has 150 valence electrons. The van der Waals surface area contributed by atoms with E-state index in [1.807, 2.05) is 25.1 Å². The quantitative estimate of drug-likeness (QED) is 0.779. The molecule has 0 unspecified atom stereocenters. The lowest BCUT2D eigenvalue weighted by molar-refractivity contribution is -0.138. The molecule has 0 spiro atoms. The molecule has 1 aromatic heterocycles. The number of nitrogens with one attached hydrogen (secondary N) is 1. The highest BCUT2D eigenvalue weighted by Gasteiger charge is 2.33. The van der Waals surface area contributed by atoms with Crippen molar-refractivity contribution < 1.29 is 9.59 Å². The van der Waals surface area contributed by atoms with Gasteiger partial charge < -0.3 is 10.2 Å². The molecule has 2 aromatic rings. The van der Waals surface area contributed by atoms with Crippen LogP contribution in [0, 0.1) is 13.8 Å².